The first-order valence-electron chi connectivity index (χ1n) is 9.10. The van der Waals surface area contributed by atoms with E-state index in [4.69, 9.17) is 9.15 Å². The van der Waals surface area contributed by atoms with Crippen molar-refractivity contribution in [3.63, 3.8) is 0 Å². The predicted molar refractivity (Wildman–Crippen MR) is 110 cm³/mol. The summed E-state index contributed by atoms with van der Waals surface area (Å²) in [5, 5.41) is 20.5. The van der Waals surface area contributed by atoms with E-state index in [0.29, 0.717) is 23.7 Å². The second-order valence-corrected chi connectivity index (χ2v) is 6.49. The number of aryl methyl sites for hydroxylation is 1. The van der Waals surface area contributed by atoms with E-state index in [9.17, 15) is 5.11 Å². The number of rotatable bonds is 5. The molecule has 28 heavy (non-hydrogen) atoms. The van der Waals surface area contributed by atoms with Crippen LogP contribution in [0.5, 0.6) is 11.7 Å². The van der Waals surface area contributed by atoms with Gasteiger partial charge < -0.3 is 14.3 Å². The van der Waals surface area contributed by atoms with Crippen molar-refractivity contribution < 1.29 is 14.3 Å². The van der Waals surface area contributed by atoms with Gasteiger partial charge in [0.25, 0.3) is 0 Å². The van der Waals surface area contributed by atoms with Crippen molar-refractivity contribution in [2.24, 2.45) is 10.2 Å². The molecule has 0 aliphatic heterocycles. The van der Waals surface area contributed by atoms with Crippen molar-refractivity contribution in [1.29, 1.82) is 0 Å². The number of azo groups is 1. The van der Waals surface area contributed by atoms with Gasteiger partial charge in [-0.3, -0.25) is 0 Å². The number of benzene rings is 3. The van der Waals surface area contributed by atoms with E-state index < -0.39 is 0 Å². The maximum absolute atomic E-state index is 10.1. The average molecular weight is 372 g/mol. The summed E-state index contributed by atoms with van der Waals surface area (Å²) in [5.74, 6) is 1.13. The van der Waals surface area contributed by atoms with Gasteiger partial charge in [-0.2, -0.15) is 5.11 Å². The Labute approximate surface area is 162 Å². The lowest BCUT2D eigenvalue weighted by Gasteiger charge is -2.05. The molecular formula is C23H20N2O3. The molecule has 0 atom stereocenters. The van der Waals surface area contributed by atoms with Gasteiger partial charge in [-0.15, -0.1) is 5.11 Å². The molecule has 4 aromatic rings. The normalized spacial score (nSPS) is 11.4. The molecule has 0 bridgehead atoms. The van der Waals surface area contributed by atoms with Gasteiger partial charge in [0.05, 0.1) is 12.3 Å². The number of fused-ring (bicyclic) bond motifs is 1. The summed E-state index contributed by atoms with van der Waals surface area (Å²) in [6.07, 6.45) is 0. The van der Waals surface area contributed by atoms with Gasteiger partial charge in [0.2, 0.25) is 0 Å². The maximum Gasteiger partial charge on any atom is 0.311 e. The molecule has 4 rings (SSSR count). The van der Waals surface area contributed by atoms with E-state index in [0.717, 1.165) is 27.6 Å². The molecule has 3 aromatic carbocycles. The zero-order chi connectivity index (χ0) is 19.5. The van der Waals surface area contributed by atoms with Crippen molar-refractivity contribution >= 4 is 22.1 Å². The minimum Gasteiger partial charge on any atom is -0.494 e. The fraction of sp³-hybridized carbons (Fsp3) is 0.130. The molecule has 5 heteroatoms. The lowest BCUT2D eigenvalue weighted by Crippen LogP contribution is -1.90. The Balaban J connectivity index is 1.62. The van der Waals surface area contributed by atoms with Gasteiger partial charge in [-0.1, -0.05) is 35.9 Å². The summed E-state index contributed by atoms with van der Waals surface area (Å²) in [5.41, 5.74) is 3.01. The highest BCUT2D eigenvalue weighted by Crippen LogP contribution is 2.37. The first kappa shape index (κ1) is 17.8. The Hall–Kier alpha value is -3.60. The van der Waals surface area contributed by atoms with Gasteiger partial charge in [0.1, 0.15) is 11.5 Å². The summed E-state index contributed by atoms with van der Waals surface area (Å²) in [4.78, 5) is 0. The van der Waals surface area contributed by atoms with Gasteiger partial charge in [-0.25, -0.2) is 0 Å². The van der Waals surface area contributed by atoms with Gasteiger partial charge in [0, 0.05) is 11.6 Å². The first-order valence-corrected chi connectivity index (χ1v) is 9.10. The molecule has 0 spiro atoms. The second-order valence-electron chi connectivity index (χ2n) is 6.49. The second kappa shape index (κ2) is 7.56. The highest BCUT2D eigenvalue weighted by Gasteiger charge is 2.12. The SMILES string of the molecule is CCOc1ccc2cc(-c3cc(N=Nc4ccc(C)cc4)c(O)o3)ccc2c1. The van der Waals surface area contributed by atoms with Crippen molar-refractivity contribution in [3.8, 4) is 23.0 Å². The first-order chi connectivity index (χ1) is 13.6. The predicted octanol–water partition coefficient (Wildman–Crippen LogP) is 6.93. The molecule has 0 fully saturated rings. The van der Waals surface area contributed by atoms with Crippen LogP contribution in [0, 0.1) is 6.92 Å². The van der Waals surface area contributed by atoms with E-state index in [1.165, 1.54) is 0 Å². The number of hydrogen-bond acceptors (Lipinski definition) is 5. The Morgan fingerprint density at radius 1 is 0.893 bits per heavy atom. The van der Waals surface area contributed by atoms with E-state index in [2.05, 4.69) is 10.2 Å². The third-order valence-corrected chi connectivity index (χ3v) is 4.41. The smallest absolute Gasteiger partial charge is 0.311 e. The van der Waals surface area contributed by atoms with Gasteiger partial charge >= 0.3 is 5.95 Å². The van der Waals surface area contributed by atoms with Crippen LogP contribution in [0.15, 0.2) is 81.4 Å². The molecule has 0 amide bonds. The van der Waals surface area contributed by atoms with Crippen LogP contribution in [0.1, 0.15) is 12.5 Å². The maximum atomic E-state index is 10.1. The van der Waals surface area contributed by atoms with Crippen molar-refractivity contribution in [2.45, 2.75) is 13.8 Å². The molecular weight excluding hydrogens is 352 g/mol. The highest BCUT2D eigenvalue weighted by atomic mass is 16.5. The zero-order valence-electron chi connectivity index (χ0n) is 15.7. The largest absolute Gasteiger partial charge is 0.494 e. The fourth-order valence-corrected chi connectivity index (χ4v) is 2.94. The van der Waals surface area contributed by atoms with E-state index >= 15 is 0 Å². The Bertz CT molecular complexity index is 1140. The summed E-state index contributed by atoms with van der Waals surface area (Å²) in [7, 11) is 0. The van der Waals surface area contributed by atoms with Crippen molar-refractivity contribution in [2.75, 3.05) is 6.61 Å². The van der Waals surface area contributed by atoms with Crippen molar-refractivity contribution in [1.82, 2.24) is 0 Å². The Kier molecular flexibility index (Phi) is 4.81. The monoisotopic (exact) mass is 372 g/mol. The molecule has 0 saturated carbocycles. The van der Waals surface area contributed by atoms with Crippen LogP contribution in [-0.4, -0.2) is 11.7 Å². The number of hydrogen-bond donors (Lipinski definition) is 1. The minimum absolute atomic E-state index is 0.252. The zero-order valence-corrected chi connectivity index (χ0v) is 15.7. The van der Waals surface area contributed by atoms with Crippen LogP contribution in [0.2, 0.25) is 0 Å². The van der Waals surface area contributed by atoms with Gasteiger partial charge in [0.15, 0.2) is 5.69 Å². The fourth-order valence-electron chi connectivity index (χ4n) is 2.94. The Morgan fingerprint density at radius 2 is 1.64 bits per heavy atom. The summed E-state index contributed by atoms with van der Waals surface area (Å²) < 4.78 is 11.0. The van der Waals surface area contributed by atoms with Crippen LogP contribution < -0.4 is 4.74 Å². The van der Waals surface area contributed by atoms with E-state index in [1.54, 1.807) is 6.07 Å². The van der Waals surface area contributed by atoms with Crippen LogP contribution >= 0.6 is 0 Å². The summed E-state index contributed by atoms with van der Waals surface area (Å²) in [6, 6.07) is 21.2. The number of aromatic hydroxyl groups is 1. The minimum atomic E-state index is -0.252. The molecule has 0 radical (unpaired) electrons. The average Bonchev–Trinajstić information content (AvgIpc) is 3.08. The molecule has 0 saturated heterocycles. The number of nitrogens with zero attached hydrogens (tertiary/aromatic N) is 2. The van der Waals surface area contributed by atoms with Crippen LogP contribution in [0.4, 0.5) is 11.4 Å². The third kappa shape index (κ3) is 3.74. The summed E-state index contributed by atoms with van der Waals surface area (Å²) in [6.45, 7) is 4.61. The molecule has 1 heterocycles. The standard InChI is InChI=1S/C23H20N2O3/c1-3-27-20-11-8-16-12-18(7-6-17(16)13-20)22-14-21(23(26)28-22)25-24-19-9-4-15(2)5-10-19/h4-14,26H,3H2,1-2H3. The number of furan rings is 1. The summed E-state index contributed by atoms with van der Waals surface area (Å²) >= 11 is 0. The van der Waals surface area contributed by atoms with Crippen LogP contribution in [-0.2, 0) is 0 Å². The number of ether oxygens (including phenoxy) is 1. The van der Waals surface area contributed by atoms with Crippen LogP contribution in [0.25, 0.3) is 22.1 Å². The topological polar surface area (TPSA) is 67.3 Å². The molecule has 0 aliphatic carbocycles. The van der Waals surface area contributed by atoms with E-state index in [1.807, 2.05) is 74.5 Å². The molecule has 1 aromatic heterocycles. The van der Waals surface area contributed by atoms with Gasteiger partial charge in [-0.05, 0) is 55.0 Å². The Morgan fingerprint density at radius 3 is 2.43 bits per heavy atom. The molecule has 0 unspecified atom stereocenters. The quantitative estimate of drug-likeness (QED) is 0.386. The molecule has 5 nitrogen and oxygen atoms in total. The lowest BCUT2D eigenvalue weighted by molar-refractivity contribution is 0.339. The van der Waals surface area contributed by atoms with E-state index in [-0.39, 0.29) is 5.95 Å². The molecule has 0 aliphatic rings. The van der Waals surface area contributed by atoms with Crippen molar-refractivity contribution in [3.05, 3.63) is 72.3 Å². The molecule has 140 valence electrons. The third-order valence-electron chi connectivity index (χ3n) is 4.41. The highest BCUT2D eigenvalue weighted by molar-refractivity contribution is 5.88. The lowest BCUT2D eigenvalue weighted by atomic mass is 10.1. The molecule has 1 N–H and O–H groups in total. The van der Waals surface area contributed by atoms with Crippen LogP contribution in [0.3, 0.4) is 0 Å².